The number of fused-ring (bicyclic) bond motifs is 1. The van der Waals surface area contributed by atoms with E-state index in [0.717, 1.165) is 21.9 Å². The number of hydrogen-bond acceptors (Lipinski definition) is 2. The number of sulfonamides is 1. The van der Waals surface area contributed by atoms with Gasteiger partial charge in [-0.05, 0) is 47.5 Å². The van der Waals surface area contributed by atoms with Crippen LogP contribution in [0, 0.1) is 6.92 Å². The quantitative estimate of drug-likeness (QED) is 0.652. The first-order valence-electron chi connectivity index (χ1n) is 7.02. The lowest BCUT2D eigenvalue weighted by atomic mass is 10.0. The van der Waals surface area contributed by atoms with Crippen molar-refractivity contribution in [3.05, 3.63) is 76.8 Å². The highest BCUT2D eigenvalue weighted by Gasteiger charge is 2.12. The predicted molar refractivity (Wildman–Crippen MR) is 94.9 cm³/mol. The van der Waals surface area contributed by atoms with Gasteiger partial charge in [0.2, 0.25) is 0 Å². The average Bonchev–Trinajstić information content (AvgIpc) is 2.54. The number of hydrogen-bond donors (Lipinski definition) is 0. The summed E-state index contributed by atoms with van der Waals surface area (Å²) in [5, 5.41) is 2.50. The lowest BCUT2D eigenvalue weighted by molar-refractivity contribution is 0.598. The van der Waals surface area contributed by atoms with Gasteiger partial charge in [0.05, 0.1) is 4.90 Å². The molecule has 3 nitrogen and oxygen atoms in total. The molecule has 0 saturated carbocycles. The largest absolute Gasteiger partial charge is 0.282 e. The maximum Gasteiger partial charge on any atom is 0.282 e. The molecule has 3 rings (SSSR count). The van der Waals surface area contributed by atoms with Gasteiger partial charge in [-0.2, -0.15) is 12.8 Å². The summed E-state index contributed by atoms with van der Waals surface area (Å²) < 4.78 is 28.5. The van der Waals surface area contributed by atoms with Gasteiger partial charge in [-0.25, -0.2) is 0 Å². The van der Waals surface area contributed by atoms with Crippen molar-refractivity contribution in [1.29, 1.82) is 0 Å². The summed E-state index contributed by atoms with van der Waals surface area (Å²) in [6.07, 6.45) is 1.42. The number of rotatable bonds is 3. The highest BCUT2D eigenvalue weighted by atomic mass is 35.5. The maximum absolute atomic E-state index is 12.3. The van der Waals surface area contributed by atoms with Crippen molar-refractivity contribution in [3.63, 3.8) is 0 Å². The predicted octanol–water partition coefficient (Wildman–Crippen LogP) is 4.61. The standard InChI is InChI=1S/C18H14ClNO2S/c1-13-6-7-14-4-2-3-5-17(14)18(13)12-20-23(21,22)16-10-8-15(19)9-11-16/h2-12H,1H3/b20-12+. The zero-order valence-electron chi connectivity index (χ0n) is 12.4. The van der Waals surface area contributed by atoms with E-state index in [0.29, 0.717) is 5.02 Å². The minimum Gasteiger partial charge on any atom is -0.199 e. The van der Waals surface area contributed by atoms with Gasteiger partial charge in [-0.3, -0.25) is 0 Å². The molecule has 5 heteroatoms. The van der Waals surface area contributed by atoms with E-state index in [4.69, 9.17) is 11.6 Å². The van der Waals surface area contributed by atoms with Gasteiger partial charge in [0.25, 0.3) is 10.0 Å². The molecule has 0 aliphatic carbocycles. The monoisotopic (exact) mass is 343 g/mol. The summed E-state index contributed by atoms with van der Waals surface area (Å²) in [5.74, 6) is 0. The Morgan fingerprint density at radius 2 is 1.65 bits per heavy atom. The number of nitrogens with zero attached hydrogens (tertiary/aromatic N) is 1. The van der Waals surface area contributed by atoms with Crippen LogP contribution >= 0.6 is 11.6 Å². The van der Waals surface area contributed by atoms with E-state index < -0.39 is 10.0 Å². The molecule has 23 heavy (non-hydrogen) atoms. The van der Waals surface area contributed by atoms with Crippen molar-refractivity contribution < 1.29 is 8.42 Å². The van der Waals surface area contributed by atoms with Crippen molar-refractivity contribution in [2.75, 3.05) is 0 Å². The Kier molecular flexibility index (Phi) is 4.20. The van der Waals surface area contributed by atoms with Crippen LogP contribution < -0.4 is 0 Å². The van der Waals surface area contributed by atoms with Gasteiger partial charge in [0.1, 0.15) is 0 Å². The Labute approximate surface area is 140 Å². The van der Waals surface area contributed by atoms with E-state index in [-0.39, 0.29) is 4.90 Å². The molecule has 0 bridgehead atoms. The van der Waals surface area contributed by atoms with E-state index in [9.17, 15) is 8.42 Å². The first-order chi connectivity index (χ1) is 11.0. The summed E-state index contributed by atoms with van der Waals surface area (Å²) in [6.45, 7) is 1.93. The Morgan fingerprint density at radius 1 is 0.957 bits per heavy atom. The molecule has 0 fully saturated rings. The molecular weight excluding hydrogens is 330 g/mol. The molecule has 0 aromatic heterocycles. The molecule has 3 aromatic carbocycles. The summed E-state index contributed by atoms with van der Waals surface area (Å²) in [6, 6.07) is 17.7. The number of halogens is 1. The first kappa shape index (κ1) is 15.7. The Hall–Kier alpha value is -2.17. The SMILES string of the molecule is Cc1ccc2ccccc2c1/C=N/S(=O)(=O)c1ccc(Cl)cc1. The molecule has 0 spiro atoms. The third-order valence-electron chi connectivity index (χ3n) is 3.62. The molecule has 0 N–H and O–H groups in total. The Bertz CT molecular complexity index is 993. The van der Waals surface area contributed by atoms with E-state index in [1.807, 2.05) is 43.3 Å². The van der Waals surface area contributed by atoms with E-state index in [1.165, 1.54) is 30.5 Å². The van der Waals surface area contributed by atoms with Crippen molar-refractivity contribution in [2.24, 2.45) is 4.40 Å². The van der Waals surface area contributed by atoms with Crippen LogP contribution in [0.3, 0.4) is 0 Å². The first-order valence-corrected chi connectivity index (χ1v) is 8.83. The second-order valence-electron chi connectivity index (χ2n) is 5.18. The molecule has 0 saturated heterocycles. The third-order valence-corrected chi connectivity index (χ3v) is 5.12. The van der Waals surface area contributed by atoms with E-state index in [2.05, 4.69) is 4.40 Å². The molecule has 3 aromatic rings. The van der Waals surface area contributed by atoms with Crippen LogP contribution in [-0.2, 0) is 10.0 Å². The van der Waals surface area contributed by atoms with Crippen molar-refractivity contribution >= 4 is 38.6 Å². The third kappa shape index (κ3) is 3.28. The summed E-state index contributed by atoms with van der Waals surface area (Å²) in [4.78, 5) is 0.121. The Balaban J connectivity index is 2.06. The fraction of sp³-hybridized carbons (Fsp3) is 0.0556. The zero-order chi connectivity index (χ0) is 16.4. The van der Waals surface area contributed by atoms with Gasteiger partial charge in [-0.1, -0.05) is 48.0 Å². The fourth-order valence-corrected chi connectivity index (χ4v) is 3.34. The Morgan fingerprint density at radius 3 is 2.39 bits per heavy atom. The number of aryl methyl sites for hydroxylation is 1. The molecule has 0 aliphatic heterocycles. The van der Waals surface area contributed by atoms with Crippen LogP contribution in [0.5, 0.6) is 0 Å². The topological polar surface area (TPSA) is 46.5 Å². The fourth-order valence-electron chi connectivity index (χ4n) is 2.37. The van der Waals surface area contributed by atoms with Crippen LogP contribution in [-0.4, -0.2) is 14.6 Å². The van der Waals surface area contributed by atoms with E-state index >= 15 is 0 Å². The normalized spacial score (nSPS) is 12.1. The lowest BCUT2D eigenvalue weighted by Gasteiger charge is -2.06. The second-order valence-corrected chi connectivity index (χ2v) is 7.25. The summed E-state index contributed by atoms with van der Waals surface area (Å²) in [5.41, 5.74) is 1.78. The molecule has 0 heterocycles. The van der Waals surface area contributed by atoms with Crippen LogP contribution in [0.1, 0.15) is 11.1 Å². The molecule has 0 amide bonds. The minimum atomic E-state index is -3.75. The molecular formula is C18H14ClNO2S. The van der Waals surface area contributed by atoms with Crippen LogP contribution in [0.15, 0.2) is 70.0 Å². The molecule has 116 valence electrons. The molecule has 0 unspecified atom stereocenters. The zero-order valence-corrected chi connectivity index (χ0v) is 14.0. The summed E-state index contributed by atoms with van der Waals surface area (Å²) in [7, 11) is -3.75. The van der Waals surface area contributed by atoms with Gasteiger partial charge in [0, 0.05) is 16.8 Å². The van der Waals surface area contributed by atoms with Crippen molar-refractivity contribution in [1.82, 2.24) is 0 Å². The maximum atomic E-state index is 12.3. The smallest absolute Gasteiger partial charge is 0.199 e. The van der Waals surface area contributed by atoms with Crippen LogP contribution in [0.25, 0.3) is 10.8 Å². The van der Waals surface area contributed by atoms with Crippen LogP contribution in [0.4, 0.5) is 0 Å². The average molecular weight is 344 g/mol. The molecule has 0 aliphatic rings. The van der Waals surface area contributed by atoms with Crippen LogP contribution in [0.2, 0.25) is 5.02 Å². The summed E-state index contributed by atoms with van der Waals surface area (Å²) >= 11 is 5.79. The molecule has 0 atom stereocenters. The van der Waals surface area contributed by atoms with Gasteiger partial charge in [0.15, 0.2) is 0 Å². The van der Waals surface area contributed by atoms with Crippen molar-refractivity contribution in [2.45, 2.75) is 11.8 Å². The van der Waals surface area contributed by atoms with Gasteiger partial charge < -0.3 is 0 Å². The van der Waals surface area contributed by atoms with Gasteiger partial charge >= 0.3 is 0 Å². The van der Waals surface area contributed by atoms with E-state index in [1.54, 1.807) is 0 Å². The van der Waals surface area contributed by atoms with Gasteiger partial charge in [-0.15, -0.1) is 0 Å². The lowest BCUT2D eigenvalue weighted by Crippen LogP contribution is -1.99. The number of benzene rings is 3. The minimum absolute atomic E-state index is 0.121. The molecule has 0 radical (unpaired) electrons. The highest BCUT2D eigenvalue weighted by Crippen LogP contribution is 2.22. The van der Waals surface area contributed by atoms with Crippen molar-refractivity contribution in [3.8, 4) is 0 Å². The second kappa shape index (κ2) is 6.14. The highest BCUT2D eigenvalue weighted by molar-refractivity contribution is 7.90.